The minimum absolute atomic E-state index is 0.0234. The number of fused-ring (bicyclic) bond motifs is 1. The van der Waals surface area contributed by atoms with Gasteiger partial charge >= 0.3 is 0 Å². The molecule has 1 heterocycles. The van der Waals surface area contributed by atoms with Crippen LogP contribution >= 0.6 is 0 Å². The van der Waals surface area contributed by atoms with Crippen LogP contribution in [0.4, 0.5) is 13.2 Å². The van der Waals surface area contributed by atoms with Crippen LogP contribution in [0.5, 0.6) is 5.75 Å². The quantitative estimate of drug-likeness (QED) is 0.480. The summed E-state index contributed by atoms with van der Waals surface area (Å²) < 4.78 is 50.2. The molecule has 0 radical (unpaired) electrons. The van der Waals surface area contributed by atoms with Crippen molar-refractivity contribution in [2.45, 2.75) is 83.7 Å². The Labute approximate surface area is 177 Å². The average Bonchev–Trinajstić information content (AvgIpc) is 2.77. The maximum absolute atomic E-state index is 15.0. The third-order valence-corrected chi connectivity index (χ3v) is 7.01. The lowest BCUT2D eigenvalue weighted by Crippen LogP contribution is -2.23. The van der Waals surface area contributed by atoms with Gasteiger partial charge in [0.2, 0.25) is 5.82 Å². The van der Waals surface area contributed by atoms with Crippen LogP contribution in [-0.2, 0) is 6.42 Å². The van der Waals surface area contributed by atoms with E-state index >= 15 is 0 Å². The highest BCUT2D eigenvalue weighted by Gasteiger charge is 2.28. The molecule has 30 heavy (non-hydrogen) atoms. The fraction of sp³-hybridized carbons (Fsp3) is 0.538. The Bertz CT molecular complexity index is 900. The van der Waals surface area contributed by atoms with Gasteiger partial charge in [-0.1, -0.05) is 38.8 Å². The Hall–Kier alpha value is -1.97. The van der Waals surface area contributed by atoms with Crippen LogP contribution in [0.25, 0.3) is 11.1 Å². The Morgan fingerprint density at radius 2 is 1.70 bits per heavy atom. The number of benzene rings is 2. The molecule has 0 bridgehead atoms. The van der Waals surface area contributed by atoms with E-state index in [-0.39, 0.29) is 29.2 Å². The summed E-state index contributed by atoms with van der Waals surface area (Å²) in [6.45, 7) is 4.18. The van der Waals surface area contributed by atoms with Crippen molar-refractivity contribution in [3.8, 4) is 16.9 Å². The number of halogens is 3. The predicted molar refractivity (Wildman–Crippen MR) is 114 cm³/mol. The molecule has 1 unspecified atom stereocenters. The van der Waals surface area contributed by atoms with Gasteiger partial charge in [-0.2, -0.15) is 4.39 Å². The second-order valence-electron chi connectivity index (χ2n) is 8.97. The van der Waals surface area contributed by atoms with Crippen molar-refractivity contribution in [2.24, 2.45) is 5.92 Å². The van der Waals surface area contributed by atoms with Gasteiger partial charge in [0.05, 0.1) is 6.10 Å². The first kappa shape index (κ1) is 21.3. The topological polar surface area (TPSA) is 9.23 Å². The first-order chi connectivity index (χ1) is 14.5. The minimum Gasteiger partial charge on any atom is -0.487 e. The monoisotopic (exact) mass is 416 g/mol. The fourth-order valence-electron chi connectivity index (χ4n) is 5.21. The van der Waals surface area contributed by atoms with E-state index in [1.807, 2.05) is 6.92 Å². The van der Waals surface area contributed by atoms with E-state index in [9.17, 15) is 13.2 Å². The number of hydrogen-bond donors (Lipinski definition) is 0. The molecular formula is C26H31F3O. The highest BCUT2D eigenvalue weighted by atomic mass is 19.2. The van der Waals surface area contributed by atoms with E-state index in [0.717, 1.165) is 44.4 Å². The van der Waals surface area contributed by atoms with Crippen LogP contribution < -0.4 is 4.74 Å². The highest BCUT2D eigenvalue weighted by Crippen LogP contribution is 2.41. The van der Waals surface area contributed by atoms with Crippen molar-refractivity contribution in [1.29, 1.82) is 0 Å². The molecule has 0 amide bonds. The van der Waals surface area contributed by atoms with Gasteiger partial charge in [-0.05, 0) is 85.6 Å². The summed E-state index contributed by atoms with van der Waals surface area (Å²) in [7, 11) is 0. The Balaban J connectivity index is 1.59. The van der Waals surface area contributed by atoms with Gasteiger partial charge in [-0.15, -0.1) is 0 Å². The molecule has 0 N–H and O–H groups in total. The molecular weight excluding hydrogens is 385 g/mol. The van der Waals surface area contributed by atoms with E-state index < -0.39 is 11.6 Å². The molecule has 1 fully saturated rings. The van der Waals surface area contributed by atoms with Crippen LogP contribution in [0.3, 0.4) is 0 Å². The zero-order valence-electron chi connectivity index (χ0n) is 17.9. The van der Waals surface area contributed by atoms with E-state index in [0.29, 0.717) is 23.1 Å². The summed E-state index contributed by atoms with van der Waals surface area (Å²) in [5.74, 6) is -1.23. The van der Waals surface area contributed by atoms with E-state index in [1.165, 1.54) is 18.9 Å². The van der Waals surface area contributed by atoms with Crippen LogP contribution in [0.1, 0.15) is 82.3 Å². The summed E-state index contributed by atoms with van der Waals surface area (Å²) in [6.07, 6.45) is 8.83. The van der Waals surface area contributed by atoms with Crippen LogP contribution in [0, 0.1) is 23.4 Å². The summed E-state index contributed by atoms with van der Waals surface area (Å²) in [5.41, 5.74) is 1.86. The summed E-state index contributed by atoms with van der Waals surface area (Å²) >= 11 is 0. The summed E-state index contributed by atoms with van der Waals surface area (Å²) in [6, 6.07) is 6.51. The first-order valence-corrected chi connectivity index (χ1v) is 11.5. The Morgan fingerprint density at radius 1 is 0.933 bits per heavy atom. The van der Waals surface area contributed by atoms with E-state index in [1.54, 1.807) is 18.2 Å². The molecule has 0 spiro atoms. The minimum atomic E-state index is -0.960. The highest BCUT2D eigenvalue weighted by molar-refractivity contribution is 5.67. The molecule has 0 aromatic heterocycles. The van der Waals surface area contributed by atoms with E-state index in [4.69, 9.17) is 4.74 Å². The first-order valence-electron chi connectivity index (χ1n) is 11.5. The molecule has 4 heteroatoms. The molecule has 4 rings (SSSR count). The predicted octanol–water partition coefficient (Wildman–Crippen LogP) is 7.95. The zero-order valence-corrected chi connectivity index (χ0v) is 17.9. The largest absolute Gasteiger partial charge is 0.487 e. The average molecular weight is 417 g/mol. The number of aryl methyl sites for hydroxylation is 1. The SMILES string of the molecule is CCCC1CCC(c2ccc(-c3cc4c(c(F)c3F)OC(CC)CC4)cc2F)CC1. The summed E-state index contributed by atoms with van der Waals surface area (Å²) in [5, 5.41) is 0. The molecule has 1 saturated carbocycles. The number of rotatable bonds is 5. The standard InChI is InChI=1S/C26H31F3O/c1-3-5-16-6-8-17(9-7-16)21-13-11-18(15-23(21)27)22-14-19-10-12-20(4-2)30-26(19)25(29)24(22)28/h11,13-17,20H,3-10,12H2,1-2H3. The lowest BCUT2D eigenvalue weighted by Gasteiger charge is -2.29. The van der Waals surface area contributed by atoms with Gasteiger partial charge in [-0.3, -0.25) is 0 Å². The lowest BCUT2D eigenvalue weighted by molar-refractivity contribution is 0.159. The van der Waals surface area contributed by atoms with Crippen LogP contribution in [0.2, 0.25) is 0 Å². The second kappa shape index (κ2) is 9.03. The maximum atomic E-state index is 15.0. The maximum Gasteiger partial charge on any atom is 0.201 e. The van der Waals surface area contributed by atoms with Gasteiger partial charge in [0, 0.05) is 5.56 Å². The van der Waals surface area contributed by atoms with Crippen molar-refractivity contribution in [3.05, 3.63) is 52.8 Å². The molecule has 162 valence electrons. The normalized spacial score (nSPS) is 23.7. The molecule has 1 aliphatic carbocycles. The van der Waals surface area contributed by atoms with Crippen LogP contribution in [0.15, 0.2) is 24.3 Å². The molecule has 0 saturated heterocycles. The Morgan fingerprint density at radius 3 is 2.37 bits per heavy atom. The van der Waals surface area contributed by atoms with Crippen molar-refractivity contribution < 1.29 is 17.9 Å². The third kappa shape index (κ3) is 4.10. The number of hydrogen-bond acceptors (Lipinski definition) is 1. The van der Waals surface area contributed by atoms with Crippen molar-refractivity contribution in [2.75, 3.05) is 0 Å². The summed E-state index contributed by atoms with van der Waals surface area (Å²) in [4.78, 5) is 0. The molecule has 2 aromatic carbocycles. The third-order valence-electron chi connectivity index (χ3n) is 7.01. The molecule has 1 aliphatic heterocycles. The fourth-order valence-corrected chi connectivity index (χ4v) is 5.21. The number of ether oxygens (including phenoxy) is 1. The Kier molecular flexibility index (Phi) is 6.40. The van der Waals surface area contributed by atoms with Gasteiger partial charge in [0.15, 0.2) is 11.6 Å². The van der Waals surface area contributed by atoms with Crippen LogP contribution in [-0.4, -0.2) is 6.10 Å². The van der Waals surface area contributed by atoms with Gasteiger partial charge in [0.25, 0.3) is 0 Å². The molecule has 2 aromatic rings. The molecule has 2 aliphatic rings. The van der Waals surface area contributed by atoms with Crippen molar-refractivity contribution >= 4 is 0 Å². The van der Waals surface area contributed by atoms with Crippen molar-refractivity contribution in [1.82, 2.24) is 0 Å². The smallest absolute Gasteiger partial charge is 0.201 e. The molecule has 1 nitrogen and oxygen atoms in total. The molecule has 1 atom stereocenters. The van der Waals surface area contributed by atoms with E-state index in [2.05, 4.69) is 6.92 Å². The van der Waals surface area contributed by atoms with Crippen molar-refractivity contribution in [3.63, 3.8) is 0 Å². The van der Waals surface area contributed by atoms with Gasteiger partial charge < -0.3 is 4.74 Å². The zero-order chi connectivity index (χ0) is 21.3. The van der Waals surface area contributed by atoms with Gasteiger partial charge in [-0.25, -0.2) is 8.78 Å². The lowest BCUT2D eigenvalue weighted by atomic mass is 9.77. The second-order valence-corrected chi connectivity index (χ2v) is 8.97. The van der Waals surface area contributed by atoms with Gasteiger partial charge in [0.1, 0.15) is 5.82 Å².